The van der Waals surface area contributed by atoms with Crippen LogP contribution in [-0.2, 0) is 14.8 Å². The highest BCUT2D eigenvalue weighted by Crippen LogP contribution is 2.25. The van der Waals surface area contributed by atoms with Crippen molar-refractivity contribution in [2.45, 2.75) is 32.9 Å². The molecule has 156 valence electrons. The van der Waals surface area contributed by atoms with Gasteiger partial charge < -0.3 is 10.6 Å². The minimum atomic E-state index is -3.97. The van der Waals surface area contributed by atoms with Crippen LogP contribution in [0, 0.1) is 5.82 Å². The van der Waals surface area contributed by atoms with E-state index in [0.29, 0.717) is 4.31 Å². The maximum absolute atomic E-state index is 14.2. The monoisotopic (exact) mass is 421 g/mol. The van der Waals surface area contributed by atoms with Gasteiger partial charge in [0.25, 0.3) is 5.91 Å². The molecule has 0 unspecified atom stereocenters. The van der Waals surface area contributed by atoms with Gasteiger partial charge in [0.15, 0.2) is 0 Å². The fourth-order valence-corrected chi connectivity index (χ4v) is 3.95. The fraction of sp³-hybridized carbons (Fsp3) is 0.300. The average molecular weight is 421 g/mol. The fourth-order valence-electron chi connectivity index (χ4n) is 2.78. The van der Waals surface area contributed by atoms with E-state index in [2.05, 4.69) is 10.6 Å². The second kappa shape index (κ2) is 9.04. The molecule has 2 amide bonds. The number of benzene rings is 2. The number of sulfonamides is 1. The predicted octanol–water partition coefficient (Wildman–Crippen LogP) is 2.76. The number of anilines is 2. The maximum Gasteiger partial charge on any atom is 0.253 e. The van der Waals surface area contributed by atoms with Crippen molar-refractivity contribution in [2.75, 3.05) is 15.9 Å². The predicted molar refractivity (Wildman–Crippen MR) is 111 cm³/mol. The van der Waals surface area contributed by atoms with Crippen molar-refractivity contribution in [2.24, 2.45) is 0 Å². The Kier molecular flexibility index (Phi) is 6.97. The second-order valence-electron chi connectivity index (χ2n) is 6.85. The molecule has 0 aromatic heterocycles. The molecule has 2 aromatic carbocycles. The van der Waals surface area contributed by atoms with Crippen molar-refractivity contribution in [1.29, 1.82) is 0 Å². The maximum atomic E-state index is 14.2. The van der Waals surface area contributed by atoms with Crippen molar-refractivity contribution >= 4 is 33.2 Å². The van der Waals surface area contributed by atoms with E-state index in [1.54, 1.807) is 32.0 Å². The zero-order valence-electron chi connectivity index (χ0n) is 16.6. The smallest absolute Gasteiger partial charge is 0.253 e. The van der Waals surface area contributed by atoms with Crippen molar-refractivity contribution in [3.63, 3.8) is 0 Å². The minimum absolute atomic E-state index is 0.105. The molecule has 0 heterocycles. The van der Waals surface area contributed by atoms with E-state index in [1.165, 1.54) is 31.2 Å². The van der Waals surface area contributed by atoms with Crippen LogP contribution in [0.15, 0.2) is 48.5 Å². The molecule has 0 spiro atoms. The summed E-state index contributed by atoms with van der Waals surface area (Å²) in [6, 6.07) is 10.3. The molecule has 0 aliphatic carbocycles. The van der Waals surface area contributed by atoms with E-state index < -0.39 is 27.8 Å². The van der Waals surface area contributed by atoms with E-state index in [0.717, 1.165) is 12.3 Å². The molecule has 1 atom stereocenters. The van der Waals surface area contributed by atoms with Gasteiger partial charge in [-0.25, -0.2) is 12.8 Å². The molecular formula is C20H24FN3O4S. The van der Waals surface area contributed by atoms with Gasteiger partial charge in [0.1, 0.15) is 11.9 Å². The normalized spacial score (nSPS) is 12.3. The molecule has 0 aliphatic heterocycles. The Morgan fingerprint density at radius 3 is 2.17 bits per heavy atom. The lowest BCUT2D eigenvalue weighted by atomic mass is 10.1. The molecule has 7 nitrogen and oxygen atoms in total. The Balaban J connectivity index is 2.35. The van der Waals surface area contributed by atoms with Crippen LogP contribution < -0.4 is 14.9 Å². The van der Waals surface area contributed by atoms with Crippen LogP contribution in [0.25, 0.3) is 0 Å². The first-order valence-corrected chi connectivity index (χ1v) is 10.8. The molecule has 0 aliphatic rings. The molecule has 29 heavy (non-hydrogen) atoms. The molecule has 2 aromatic rings. The number of carbonyl (C=O) groups excluding carboxylic acids is 2. The highest BCUT2D eigenvalue weighted by Gasteiger charge is 2.31. The number of carbonyl (C=O) groups is 2. The summed E-state index contributed by atoms with van der Waals surface area (Å²) in [5, 5.41) is 5.31. The first-order chi connectivity index (χ1) is 13.5. The highest BCUT2D eigenvalue weighted by molar-refractivity contribution is 7.92. The molecule has 2 rings (SSSR count). The zero-order valence-corrected chi connectivity index (χ0v) is 17.5. The van der Waals surface area contributed by atoms with Crippen LogP contribution in [0.2, 0.25) is 0 Å². The number of nitrogens with zero attached hydrogens (tertiary/aromatic N) is 1. The molecular weight excluding hydrogens is 397 g/mol. The number of rotatable bonds is 7. The average Bonchev–Trinajstić information content (AvgIpc) is 2.62. The highest BCUT2D eigenvalue weighted by atomic mass is 32.2. The minimum Gasteiger partial charge on any atom is -0.350 e. The molecule has 2 N–H and O–H groups in total. The quantitative estimate of drug-likeness (QED) is 0.719. The number of nitrogens with one attached hydrogen (secondary N) is 2. The number of hydrogen-bond acceptors (Lipinski definition) is 4. The third-order valence-electron chi connectivity index (χ3n) is 4.03. The summed E-state index contributed by atoms with van der Waals surface area (Å²) in [5.74, 6) is -1.85. The van der Waals surface area contributed by atoms with Gasteiger partial charge in [0.05, 0.1) is 23.2 Å². The molecule has 0 bridgehead atoms. The lowest BCUT2D eigenvalue weighted by molar-refractivity contribution is -0.116. The van der Waals surface area contributed by atoms with E-state index in [9.17, 15) is 22.4 Å². The summed E-state index contributed by atoms with van der Waals surface area (Å²) in [7, 11) is -3.97. The number of hydrogen-bond donors (Lipinski definition) is 2. The van der Waals surface area contributed by atoms with Crippen LogP contribution in [0.3, 0.4) is 0 Å². The first kappa shape index (κ1) is 22.4. The Bertz CT molecular complexity index is 1010. The van der Waals surface area contributed by atoms with Gasteiger partial charge in [-0.3, -0.25) is 13.9 Å². The van der Waals surface area contributed by atoms with Gasteiger partial charge in [-0.2, -0.15) is 0 Å². The lowest BCUT2D eigenvalue weighted by Crippen LogP contribution is -2.46. The van der Waals surface area contributed by atoms with E-state index >= 15 is 0 Å². The van der Waals surface area contributed by atoms with Gasteiger partial charge in [0.2, 0.25) is 15.9 Å². The van der Waals surface area contributed by atoms with Crippen molar-refractivity contribution in [3.8, 4) is 0 Å². The van der Waals surface area contributed by atoms with Gasteiger partial charge in [-0.15, -0.1) is 0 Å². The Morgan fingerprint density at radius 2 is 1.59 bits per heavy atom. The molecule has 0 saturated heterocycles. The number of para-hydroxylation sites is 2. The van der Waals surface area contributed by atoms with Crippen molar-refractivity contribution in [1.82, 2.24) is 5.32 Å². The first-order valence-electron chi connectivity index (χ1n) is 8.97. The van der Waals surface area contributed by atoms with Crippen molar-refractivity contribution in [3.05, 3.63) is 59.9 Å². The van der Waals surface area contributed by atoms with Gasteiger partial charge in [-0.05, 0) is 45.0 Å². The van der Waals surface area contributed by atoms with E-state index in [-0.39, 0.29) is 28.9 Å². The summed E-state index contributed by atoms with van der Waals surface area (Å²) in [6.07, 6.45) is 0.896. The molecule has 0 saturated carbocycles. The van der Waals surface area contributed by atoms with Gasteiger partial charge in [-0.1, -0.05) is 24.3 Å². The number of halogens is 1. The van der Waals surface area contributed by atoms with Crippen LogP contribution >= 0.6 is 0 Å². The zero-order chi connectivity index (χ0) is 21.8. The van der Waals surface area contributed by atoms with Crippen LogP contribution in [0.4, 0.5) is 15.8 Å². The SMILES string of the molecule is CC(C)NC(=O)c1ccccc1NC(=O)[C@H](C)N(c1ccccc1F)S(C)(=O)=O. The van der Waals surface area contributed by atoms with Crippen LogP contribution in [0.1, 0.15) is 31.1 Å². The molecule has 9 heteroatoms. The Labute approximate surface area is 170 Å². The van der Waals surface area contributed by atoms with Crippen LogP contribution in [-0.4, -0.2) is 38.6 Å². The largest absolute Gasteiger partial charge is 0.350 e. The molecule has 0 radical (unpaired) electrons. The standard InChI is InChI=1S/C20H24FN3O4S/c1-13(2)22-20(26)15-9-5-7-11-17(15)23-19(25)14(3)24(29(4,27)28)18-12-8-6-10-16(18)21/h5-14H,1-4H3,(H,22,26)(H,23,25)/t14-/m0/s1. The third kappa shape index (κ3) is 5.54. The van der Waals surface area contributed by atoms with E-state index in [1.807, 2.05) is 0 Å². The van der Waals surface area contributed by atoms with Gasteiger partial charge >= 0.3 is 0 Å². The summed E-state index contributed by atoms with van der Waals surface area (Å²) < 4.78 is 39.5. The third-order valence-corrected chi connectivity index (χ3v) is 5.26. The summed E-state index contributed by atoms with van der Waals surface area (Å²) in [5.41, 5.74) is 0.228. The Morgan fingerprint density at radius 1 is 1.00 bits per heavy atom. The Hall–Kier alpha value is -2.94. The molecule has 0 fully saturated rings. The summed E-state index contributed by atoms with van der Waals surface area (Å²) in [4.78, 5) is 25.2. The van der Waals surface area contributed by atoms with Crippen LogP contribution in [0.5, 0.6) is 0 Å². The van der Waals surface area contributed by atoms with Crippen molar-refractivity contribution < 1.29 is 22.4 Å². The second-order valence-corrected chi connectivity index (χ2v) is 8.71. The van der Waals surface area contributed by atoms with E-state index in [4.69, 9.17) is 0 Å². The number of amides is 2. The topological polar surface area (TPSA) is 95.6 Å². The lowest BCUT2D eigenvalue weighted by Gasteiger charge is -2.28. The summed E-state index contributed by atoms with van der Waals surface area (Å²) >= 11 is 0. The van der Waals surface area contributed by atoms with Gasteiger partial charge in [0, 0.05) is 6.04 Å². The summed E-state index contributed by atoms with van der Waals surface area (Å²) in [6.45, 7) is 4.96.